The number of nitriles is 1. The Hall–Kier alpha value is -2.47. The lowest BCUT2D eigenvalue weighted by Crippen LogP contribution is -1.99. The number of nitrogens with zero attached hydrogens (tertiary/aromatic N) is 1. The highest BCUT2D eigenvalue weighted by molar-refractivity contribution is 5.39. The Morgan fingerprint density at radius 3 is 2.11 bits per heavy atom. The summed E-state index contributed by atoms with van der Waals surface area (Å²) in [5.74, 6) is 1.24. The Kier molecular flexibility index (Phi) is 4.21. The van der Waals surface area contributed by atoms with E-state index in [4.69, 9.17) is 14.7 Å². The Labute approximate surface area is 106 Å². The van der Waals surface area contributed by atoms with E-state index in [9.17, 15) is 0 Å². The van der Waals surface area contributed by atoms with Crippen LogP contribution in [0.5, 0.6) is 11.5 Å². The molecular weight excluding hydrogens is 226 g/mol. The zero-order valence-electron chi connectivity index (χ0n) is 9.87. The van der Waals surface area contributed by atoms with E-state index in [1.807, 2.05) is 54.6 Å². The molecule has 0 fully saturated rings. The van der Waals surface area contributed by atoms with Gasteiger partial charge in [0, 0.05) is 0 Å². The van der Waals surface area contributed by atoms with Gasteiger partial charge in [-0.15, -0.1) is 0 Å². The highest BCUT2D eigenvalue weighted by atomic mass is 16.5. The quantitative estimate of drug-likeness (QED) is 0.804. The molecule has 0 atom stereocenters. The van der Waals surface area contributed by atoms with E-state index in [1.54, 1.807) is 6.07 Å². The third-order valence-corrected chi connectivity index (χ3v) is 2.38. The fourth-order valence-electron chi connectivity index (χ4n) is 1.53. The lowest BCUT2D eigenvalue weighted by Gasteiger charge is -2.10. The molecule has 3 heteroatoms. The highest BCUT2D eigenvalue weighted by Crippen LogP contribution is 2.27. The molecule has 2 aromatic carbocycles. The fourth-order valence-corrected chi connectivity index (χ4v) is 1.53. The molecule has 2 rings (SSSR count). The van der Waals surface area contributed by atoms with Crippen molar-refractivity contribution in [3.8, 4) is 17.6 Å². The van der Waals surface area contributed by atoms with E-state index in [0.29, 0.717) is 18.1 Å². The number of hydrogen-bond donors (Lipinski definition) is 0. The minimum Gasteiger partial charge on any atom is -0.485 e. The van der Waals surface area contributed by atoms with Crippen molar-refractivity contribution in [3.63, 3.8) is 0 Å². The molecule has 18 heavy (non-hydrogen) atoms. The van der Waals surface area contributed by atoms with Crippen molar-refractivity contribution in [1.82, 2.24) is 0 Å². The molecule has 0 aliphatic heterocycles. The zero-order chi connectivity index (χ0) is 12.6. The van der Waals surface area contributed by atoms with Crippen LogP contribution in [0.4, 0.5) is 0 Å². The van der Waals surface area contributed by atoms with Gasteiger partial charge in [0.15, 0.2) is 18.1 Å². The van der Waals surface area contributed by atoms with E-state index in [1.165, 1.54) is 0 Å². The third kappa shape index (κ3) is 3.26. The fraction of sp³-hybridized carbons (Fsp3) is 0.133. The molecule has 0 amide bonds. The van der Waals surface area contributed by atoms with Crippen LogP contribution in [0.3, 0.4) is 0 Å². The van der Waals surface area contributed by atoms with Gasteiger partial charge in [-0.3, -0.25) is 0 Å². The second kappa shape index (κ2) is 6.31. The number of ether oxygens (including phenoxy) is 2. The Balaban J connectivity index is 2.03. The maximum absolute atomic E-state index is 8.51. The van der Waals surface area contributed by atoms with E-state index in [2.05, 4.69) is 0 Å². The normalized spacial score (nSPS) is 9.50. The van der Waals surface area contributed by atoms with E-state index < -0.39 is 0 Å². The summed E-state index contributed by atoms with van der Waals surface area (Å²) in [6, 6.07) is 19.2. The van der Waals surface area contributed by atoms with Crippen LogP contribution in [0.15, 0.2) is 54.6 Å². The first-order valence-corrected chi connectivity index (χ1v) is 5.65. The average Bonchev–Trinajstić information content (AvgIpc) is 2.45. The van der Waals surface area contributed by atoms with E-state index in [0.717, 1.165) is 5.56 Å². The van der Waals surface area contributed by atoms with Crippen molar-refractivity contribution in [2.75, 3.05) is 6.61 Å². The summed E-state index contributed by atoms with van der Waals surface area (Å²) >= 11 is 0. The maximum Gasteiger partial charge on any atom is 0.174 e. The summed E-state index contributed by atoms with van der Waals surface area (Å²) in [5, 5.41) is 8.51. The monoisotopic (exact) mass is 239 g/mol. The second-order valence-electron chi connectivity index (χ2n) is 3.67. The first-order valence-electron chi connectivity index (χ1n) is 5.65. The molecular formula is C15H13NO2. The highest BCUT2D eigenvalue weighted by Gasteiger charge is 2.03. The first kappa shape index (κ1) is 12.0. The van der Waals surface area contributed by atoms with Gasteiger partial charge in [0.05, 0.1) is 0 Å². The van der Waals surface area contributed by atoms with Gasteiger partial charge in [0.25, 0.3) is 0 Å². The summed E-state index contributed by atoms with van der Waals surface area (Å²) in [5.41, 5.74) is 1.09. The Morgan fingerprint density at radius 2 is 1.44 bits per heavy atom. The first-order chi connectivity index (χ1) is 8.90. The van der Waals surface area contributed by atoms with Crippen LogP contribution in [0.25, 0.3) is 0 Å². The van der Waals surface area contributed by atoms with Gasteiger partial charge in [-0.1, -0.05) is 42.5 Å². The molecule has 0 aliphatic rings. The zero-order valence-corrected chi connectivity index (χ0v) is 9.87. The summed E-state index contributed by atoms with van der Waals surface area (Å²) in [6.45, 7) is 0.499. The largest absolute Gasteiger partial charge is 0.485 e. The van der Waals surface area contributed by atoms with Crippen LogP contribution in [0.2, 0.25) is 0 Å². The molecule has 0 aliphatic carbocycles. The Bertz CT molecular complexity index is 532. The molecule has 0 N–H and O–H groups in total. The molecule has 0 radical (unpaired) electrons. The topological polar surface area (TPSA) is 42.2 Å². The molecule has 0 unspecified atom stereocenters. The minimum absolute atomic E-state index is 0.0196. The molecule has 2 aromatic rings. The predicted octanol–water partition coefficient (Wildman–Crippen LogP) is 3.17. The van der Waals surface area contributed by atoms with Crippen molar-refractivity contribution < 1.29 is 9.47 Å². The van der Waals surface area contributed by atoms with Crippen molar-refractivity contribution in [2.45, 2.75) is 6.61 Å². The number of para-hydroxylation sites is 2. The van der Waals surface area contributed by atoms with Crippen molar-refractivity contribution in [3.05, 3.63) is 60.2 Å². The van der Waals surface area contributed by atoms with Crippen LogP contribution in [-0.4, -0.2) is 6.61 Å². The predicted molar refractivity (Wildman–Crippen MR) is 68.3 cm³/mol. The van der Waals surface area contributed by atoms with Gasteiger partial charge < -0.3 is 9.47 Å². The summed E-state index contributed by atoms with van der Waals surface area (Å²) in [7, 11) is 0. The molecule has 0 spiro atoms. The van der Waals surface area contributed by atoms with Gasteiger partial charge in [-0.25, -0.2) is 0 Å². The minimum atomic E-state index is 0.0196. The van der Waals surface area contributed by atoms with Gasteiger partial charge in [0.1, 0.15) is 12.7 Å². The molecule has 0 bridgehead atoms. The van der Waals surface area contributed by atoms with Gasteiger partial charge in [-0.05, 0) is 17.7 Å². The van der Waals surface area contributed by atoms with Crippen molar-refractivity contribution >= 4 is 0 Å². The molecule has 3 nitrogen and oxygen atoms in total. The van der Waals surface area contributed by atoms with E-state index >= 15 is 0 Å². The van der Waals surface area contributed by atoms with Crippen LogP contribution >= 0.6 is 0 Å². The third-order valence-electron chi connectivity index (χ3n) is 2.38. The standard InChI is InChI=1S/C15H13NO2/c16-10-11-17-14-8-4-5-9-15(14)18-12-13-6-2-1-3-7-13/h1-9H,11-12H2. The van der Waals surface area contributed by atoms with Crippen molar-refractivity contribution in [2.24, 2.45) is 0 Å². The smallest absolute Gasteiger partial charge is 0.174 e. The molecule has 0 heterocycles. The van der Waals surface area contributed by atoms with Crippen LogP contribution in [0.1, 0.15) is 5.56 Å². The van der Waals surface area contributed by atoms with Crippen LogP contribution in [-0.2, 0) is 6.61 Å². The van der Waals surface area contributed by atoms with Gasteiger partial charge in [-0.2, -0.15) is 5.26 Å². The maximum atomic E-state index is 8.51. The summed E-state index contributed by atoms with van der Waals surface area (Å²) in [6.07, 6.45) is 0. The lowest BCUT2D eigenvalue weighted by molar-refractivity contribution is 0.276. The number of rotatable bonds is 5. The summed E-state index contributed by atoms with van der Waals surface area (Å²) < 4.78 is 11.0. The molecule has 0 saturated heterocycles. The molecule has 0 aromatic heterocycles. The Morgan fingerprint density at radius 1 is 0.833 bits per heavy atom. The van der Waals surface area contributed by atoms with Gasteiger partial charge >= 0.3 is 0 Å². The number of hydrogen-bond acceptors (Lipinski definition) is 3. The molecule has 0 saturated carbocycles. The van der Waals surface area contributed by atoms with Gasteiger partial charge in [0.2, 0.25) is 0 Å². The summed E-state index contributed by atoms with van der Waals surface area (Å²) in [4.78, 5) is 0. The average molecular weight is 239 g/mol. The molecule has 90 valence electrons. The number of benzene rings is 2. The van der Waals surface area contributed by atoms with Crippen LogP contribution < -0.4 is 9.47 Å². The van der Waals surface area contributed by atoms with Crippen molar-refractivity contribution in [1.29, 1.82) is 5.26 Å². The lowest BCUT2D eigenvalue weighted by atomic mass is 10.2. The van der Waals surface area contributed by atoms with Crippen LogP contribution in [0, 0.1) is 11.3 Å². The second-order valence-corrected chi connectivity index (χ2v) is 3.67. The SMILES string of the molecule is N#CCOc1ccccc1OCc1ccccc1. The van der Waals surface area contributed by atoms with E-state index in [-0.39, 0.29) is 6.61 Å².